The van der Waals surface area contributed by atoms with Gasteiger partial charge in [0.05, 0.1) is 19.0 Å². The molecule has 0 aromatic heterocycles. The number of hydrogen-bond donors (Lipinski definition) is 1. The lowest BCUT2D eigenvalue weighted by atomic mass is 10.1. The smallest absolute Gasteiger partial charge is 0.211 e. The van der Waals surface area contributed by atoms with Crippen LogP contribution in [0.1, 0.15) is 24.5 Å². The van der Waals surface area contributed by atoms with E-state index < -0.39 is 10.0 Å². The van der Waals surface area contributed by atoms with Crippen LogP contribution in [-0.2, 0) is 27.8 Å². The van der Waals surface area contributed by atoms with Crippen molar-refractivity contribution in [3.05, 3.63) is 35.4 Å². The monoisotopic (exact) mass is 312 g/mol. The molecule has 1 aliphatic heterocycles. The molecule has 6 heteroatoms. The van der Waals surface area contributed by atoms with E-state index in [1.807, 2.05) is 19.1 Å². The van der Waals surface area contributed by atoms with Gasteiger partial charge in [-0.3, -0.25) is 4.90 Å². The summed E-state index contributed by atoms with van der Waals surface area (Å²) in [5.74, 6) is 0.183. The Kier molecular flexibility index (Phi) is 6.17. The third kappa shape index (κ3) is 5.74. The quantitative estimate of drug-likeness (QED) is 0.826. The second kappa shape index (κ2) is 7.89. The summed E-state index contributed by atoms with van der Waals surface area (Å²) < 4.78 is 31.2. The van der Waals surface area contributed by atoms with Crippen molar-refractivity contribution in [2.24, 2.45) is 0 Å². The molecule has 1 aromatic rings. The van der Waals surface area contributed by atoms with E-state index in [2.05, 4.69) is 21.8 Å². The Labute approximate surface area is 127 Å². The standard InChI is InChI=1S/C15H24N2O3S/c1-2-11-21(18,19)16-12-14-3-5-15(6-4-14)13-17-7-9-20-10-8-17/h3-6,16H,2,7-13H2,1H3. The normalized spacial score (nSPS) is 17.0. The van der Waals surface area contributed by atoms with Crippen LogP contribution < -0.4 is 4.72 Å². The molecule has 1 N–H and O–H groups in total. The SMILES string of the molecule is CCCS(=O)(=O)NCc1ccc(CN2CCOCC2)cc1. The molecule has 1 fully saturated rings. The number of benzene rings is 1. The van der Waals surface area contributed by atoms with Crippen molar-refractivity contribution in [3.8, 4) is 0 Å². The van der Waals surface area contributed by atoms with Crippen LogP contribution in [0.15, 0.2) is 24.3 Å². The minimum atomic E-state index is -3.13. The summed E-state index contributed by atoms with van der Waals surface area (Å²) in [6.07, 6.45) is 0.633. The molecule has 0 spiro atoms. The molecule has 0 radical (unpaired) electrons. The molecule has 0 bridgehead atoms. The van der Waals surface area contributed by atoms with Crippen molar-refractivity contribution in [3.63, 3.8) is 0 Å². The lowest BCUT2D eigenvalue weighted by Gasteiger charge is -2.26. The Morgan fingerprint density at radius 1 is 1.14 bits per heavy atom. The first-order chi connectivity index (χ1) is 10.1. The lowest BCUT2D eigenvalue weighted by Crippen LogP contribution is -2.35. The Bertz CT molecular complexity index is 522. The van der Waals surface area contributed by atoms with Crippen molar-refractivity contribution in [2.75, 3.05) is 32.1 Å². The molecule has 1 saturated heterocycles. The van der Waals surface area contributed by atoms with Gasteiger partial charge < -0.3 is 4.74 Å². The molecular formula is C15H24N2O3S. The first-order valence-corrected chi connectivity index (χ1v) is 9.09. The zero-order valence-electron chi connectivity index (χ0n) is 12.5. The summed E-state index contributed by atoms with van der Waals surface area (Å²) in [4.78, 5) is 2.36. The Balaban J connectivity index is 1.84. The van der Waals surface area contributed by atoms with Gasteiger partial charge in [0, 0.05) is 26.2 Å². The van der Waals surface area contributed by atoms with Crippen molar-refractivity contribution in [2.45, 2.75) is 26.4 Å². The van der Waals surface area contributed by atoms with Gasteiger partial charge in [-0.2, -0.15) is 0 Å². The number of sulfonamides is 1. The van der Waals surface area contributed by atoms with Crippen LogP contribution in [0.4, 0.5) is 0 Å². The van der Waals surface area contributed by atoms with Gasteiger partial charge in [0.15, 0.2) is 0 Å². The molecule has 1 aromatic carbocycles. The van der Waals surface area contributed by atoms with Gasteiger partial charge in [0.1, 0.15) is 0 Å². The summed E-state index contributed by atoms with van der Waals surface area (Å²) in [5.41, 5.74) is 2.23. The van der Waals surface area contributed by atoms with Crippen LogP contribution in [0.2, 0.25) is 0 Å². The van der Waals surface area contributed by atoms with Gasteiger partial charge in [-0.25, -0.2) is 13.1 Å². The average molecular weight is 312 g/mol. The maximum Gasteiger partial charge on any atom is 0.211 e. The van der Waals surface area contributed by atoms with E-state index in [4.69, 9.17) is 4.74 Å². The fourth-order valence-electron chi connectivity index (χ4n) is 2.31. The molecule has 21 heavy (non-hydrogen) atoms. The molecule has 118 valence electrons. The third-order valence-corrected chi connectivity index (χ3v) is 5.03. The topological polar surface area (TPSA) is 58.6 Å². The van der Waals surface area contributed by atoms with E-state index >= 15 is 0 Å². The molecule has 1 heterocycles. The number of hydrogen-bond acceptors (Lipinski definition) is 4. The second-order valence-electron chi connectivity index (χ2n) is 5.35. The summed E-state index contributed by atoms with van der Waals surface area (Å²) in [5, 5.41) is 0. The van der Waals surface area contributed by atoms with Crippen molar-refractivity contribution < 1.29 is 13.2 Å². The van der Waals surface area contributed by atoms with Crippen LogP contribution in [0.25, 0.3) is 0 Å². The number of nitrogens with zero attached hydrogens (tertiary/aromatic N) is 1. The minimum Gasteiger partial charge on any atom is -0.379 e. The highest BCUT2D eigenvalue weighted by molar-refractivity contribution is 7.89. The average Bonchev–Trinajstić information content (AvgIpc) is 2.48. The fourth-order valence-corrected chi connectivity index (χ4v) is 3.38. The summed E-state index contributed by atoms with van der Waals surface area (Å²) in [7, 11) is -3.13. The molecule has 0 aliphatic carbocycles. The highest BCUT2D eigenvalue weighted by atomic mass is 32.2. The van der Waals surface area contributed by atoms with E-state index in [1.165, 1.54) is 5.56 Å². The molecule has 5 nitrogen and oxygen atoms in total. The van der Waals surface area contributed by atoms with Crippen LogP contribution in [0.5, 0.6) is 0 Å². The Morgan fingerprint density at radius 3 is 2.38 bits per heavy atom. The Morgan fingerprint density at radius 2 is 1.76 bits per heavy atom. The predicted octanol–water partition coefficient (Wildman–Crippen LogP) is 1.35. The van der Waals surface area contributed by atoms with E-state index in [9.17, 15) is 8.42 Å². The molecule has 0 unspecified atom stereocenters. The maximum absolute atomic E-state index is 11.6. The van der Waals surface area contributed by atoms with Crippen molar-refractivity contribution >= 4 is 10.0 Å². The number of ether oxygens (including phenoxy) is 1. The van der Waals surface area contributed by atoms with Crippen molar-refractivity contribution in [1.29, 1.82) is 0 Å². The van der Waals surface area contributed by atoms with Crippen LogP contribution in [0.3, 0.4) is 0 Å². The molecule has 0 atom stereocenters. The van der Waals surface area contributed by atoms with Gasteiger partial charge in [-0.1, -0.05) is 31.2 Å². The van der Waals surface area contributed by atoms with Gasteiger partial charge in [-0.15, -0.1) is 0 Å². The van der Waals surface area contributed by atoms with E-state index in [0.717, 1.165) is 38.4 Å². The Hall–Kier alpha value is -0.950. The summed E-state index contributed by atoms with van der Waals surface area (Å²) in [6.45, 7) is 6.69. The highest BCUT2D eigenvalue weighted by Gasteiger charge is 2.11. The molecule has 1 aliphatic rings. The third-order valence-electron chi connectivity index (χ3n) is 3.50. The molecule has 2 rings (SSSR count). The number of rotatable bonds is 7. The van der Waals surface area contributed by atoms with E-state index in [0.29, 0.717) is 13.0 Å². The first kappa shape index (κ1) is 16.4. The van der Waals surface area contributed by atoms with Crippen LogP contribution in [-0.4, -0.2) is 45.4 Å². The lowest BCUT2D eigenvalue weighted by molar-refractivity contribution is 0.0342. The van der Waals surface area contributed by atoms with Gasteiger partial charge in [0.25, 0.3) is 0 Å². The second-order valence-corrected chi connectivity index (χ2v) is 7.27. The largest absolute Gasteiger partial charge is 0.379 e. The summed E-state index contributed by atoms with van der Waals surface area (Å²) in [6, 6.07) is 8.12. The number of morpholine rings is 1. The van der Waals surface area contributed by atoms with Crippen LogP contribution >= 0.6 is 0 Å². The number of nitrogens with one attached hydrogen (secondary N) is 1. The van der Waals surface area contributed by atoms with E-state index in [1.54, 1.807) is 0 Å². The zero-order valence-corrected chi connectivity index (χ0v) is 13.4. The van der Waals surface area contributed by atoms with Gasteiger partial charge in [-0.05, 0) is 17.5 Å². The highest BCUT2D eigenvalue weighted by Crippen LogP contribution is 2.09. The predicted molar refractivity (Wildman–Crippen MR) is 83.5 cm³/mol. The zero-order chi connectivity index (χ0) is 15.1. The maximum atomic E-state index is 11.6. The van der Waals surface area contributed by atoms with Gasteiger partial charge >= 0.3 is 0 Å². The first-order valence-electron chi connectivity index (χ1n) is 7.44. The van der Waals surface area contributed by atoms with Crippen LogP contribution in [0, 0.1) is 0 Å². The van der Waals surface area contributed by atoms with E-state index in [-0.39, 0.29) is 5.75 Å². The minimum absolute atomic E-state index is 0.183. The fraction of sp³-hybridized carbons (Fsp3) is 0.600. The van der Waals surface area contributed by atoms with Crippen molar-refractivity contribution in [1.82, 2.24) is 9.62 Å². The van der Waals surface area contributed by atoms with Gasteiger partial charge in [0.2, 0.25) is 10.0 Å². The molecular weight excluding hydrogens is 288 g/mol. The molecule has 0 saturated carbocycles. The summed E-state index contributed by atoms with van der Waals surface area (Å²) >= 11 is 0. The molecule has 0 amide bonds.